The van der Waals surface area contributed by atoms with Gasteiger partial charge in [0.05, 0.1) is 17.2 Å². The largest absolute Gasteiger partial charge is 0.391 e. The molecule has 170 valence electrons. The number of nitrogens with one attached hydrogen (secondary N) is 1. The van der Waals surface area contributed by atoms with Crippen LogP contribution in [0.2, 0.25) is 0 Å². The molecule has 2 heterocycles. The Kier molecular flexibility index (Phi) is 6.44. The number of amides is 2. The summed E-state index contributed by atoms with van der Waals surface area (Å²) in [5.41, 5.74) is 1.96. The zero-order valence-corrected chi connectivity index (χ0v) is 17.7. The number of hydrogen-bond acceptors (Lipinski definition) is 3. The summed E-state index contributed by atoms with van der Waals surface area (Å²) in [6.45, 7) is 1.89. The SMILES string of the molecule is O=C(Nc1ccc(C(=O)N2CCC(C(F)(F)F)CC2)c(N2CCCCCC2)c1)C1CC1. The molecule has 3 fully saturated rings. The Hall–Kier alpha value is -2.25. The number of benzene rings is 1. The lowest BCUT2D eigenvalue weighted by Crippen LogP contribution is -2.42. The molecule has 5 nitrogen and oxygen atoms in total. The van der Waals surface area contributed by atoms with Gasteiger partial charge >= 0.3 is 6.18 Å². The van der Waals surface area contributed by atoms with Gasteiger partial charge in [-0.25, -0.2) is 0 Å². The number of alkyl halides is 3. The monoisotopic (exact) mass is 437 g/mol. The lowest BCUT2D eigenvalue weighted by molar-refractivity contribution is -0.183. The van der Waals surface area contributed by atoms with Crippen LogP contribution in [0.4, 0.5) is 24.5 Å². The van der Waals surface area contributed by atoms with E-state index >= 15 is 0 Å². The normalized spacial score (nSPS) is 21.0. The van der Waals surface area contributed by atoms with Crippen molar-refractivity contribution in [2.24, 2.45) is 11.8 Å². The Labute approximate surface area is 181 Å². The van der Waals surface area contributed by atoms with E-state index in [0.717, 1.165) is 57.3 Å². The van der Waals surface area contributed by atoms with E-state index in [1.807, 2.05) is 6.07 Å². The average molecular weight is 438 g/mol. The van der Waals surface area contributed by atoms with E-state index in [2.05, 4.69) is 10.2 Å². The Morgan fingerprint density at radius 2 is 1.55 bits per heavy atom. The predicted molar refractivity (Wildman–Crippen MR) is 113 cm³/mol. The number of carbonyl (C=O) groups is 2. The van der Waals surface area contributed by atoms with Crippen LogP contribution in [-0.2, 0) is 4.79 Å². The second kappa shape index (κ2) is 9.09. The van der Waals surface area contributed by atoms with Gasteiger partial charge in [0.25, 0.3) is 5.91 Å². The fourth-order valence-electron chi connectivity index (χ4n) is 4.53. The van der Waals surface area contributed by atoms with Crippen LogP contribution in [-0.4, -0.2) is 49.1 Å². The topological polar surface area (TPSA) is 52.7 Å². The lowest BCUT2D eigenvalue weighted by atomic mass is 9.95. The van der Waals surface area contributed by atoms with E-state index in [-0.39, 0.29) is 43.7 Å². The zero-order valence-electron chi connectivity index (χ0n) is 17.7. The van der Waals surface area contributed by atoms with Crippen molar-refractivity contribution in [3.05, 3.63) is 23.8 Å². The van der Waals surface area contributed by atoms with Gasteiger partial charge < -0.3 is 15.1 Å². The average Bonchev–Trinajstić information content (AvgIpc) is 3.60. The minimum absolute atomic E-state index is 0.00937. The van der Waals surface area contributed by atoms with Crippen LogP contribution in [0.5, 0.6) is 0 Å². The number of rotatable bonds is 4. The van der Waals surface area contributed by atoms with E-state index in [4.69, 9.17) is 0 Å². The third-order valence-corrected chi connectivity index (χ3v) is 6.64. The number of piperidine rings is 1. The zero-order chi connectivity index (χ0) is 22.0. The number of nitrogens with zero attached hydrogens (tertiary/aromatic N) is 2. The quantitative estimate of drug-likeness (QED) is 0.734. The van der Waals surface area contributed by atoms with Crippen LogP contribution in [0.3, 0.4) is 0 Å². The number of carbonyl (C=O) groups excluding carboxylic acids is 2. The van der Waals surface area contributed by atoms with Gasteiger partial charge in [-0.3, -0.25) is 9.59 Å². The van der Waals surface area contributed by atoms with E-state index in [1.165, 1.54) is 0 Å². The summed E-state index contributed by atoms with van der Waals surface area (Å²) < 4.78 is 39.0. The van der Waals surface area contributed by atoms with Crippen LogP contribution in [0.15, 0.2) is 18.2 Å². The molecule has 1 aromatic rings. The molecule has 1 aromatic carbocycles. The summed E-state index contributed by atoms with van der Waals surface area (Å²) in [5.74, 6) is -1.46. The van der Waals surface area contributed by atoms with Gasteiger partial charge in [-0.1, -0.05) is 12.8 Å². The third-order valence-electron chi connectivity index (χ3n) is 6.64. The van der Waals surface area contributed by atoms with Crippen LogP contribution in [0.1, 0.15) is 61.7 Å². The van der Waals surface area contributed by atoms with Gasteiger partial charge in [0, 0.05) is 37.8 Å². The molecule has 0 aromatic heterocycles. The smallest absolute Gasteiger partial charge is 0.371 e. The number of halogens is 3. The second-order valence-electron chi connectivity index (χ2n) is 9.00. The Morgan fingerprint density at radius 3 is 2.13 bits per heavy atom. The summed E-state index contributed by atoms with van der Waals surface area (Å²) in [7, 11) is 0. The van der Waals surface area contributed by atoms with Gasteiger partial charge in [-0.05, 0) is 56.7 Å². The van der Waals surface area contributed by atoms with Crippen LogP contribution in [0, 0.1) is 11.8 Å². The highest BCUT2D eigenvalue weighted by Gasteiger charge is 2.42. The highest BCUT2D eigenvalue weighted by Crippen LogP contribution is 2.36. The first-order valence-electron chi connectivity index (χ1n) is 11.4. The molecule has 0 atom stereocenters. The molecule has 2 saturated heterocycles. The summed E-state index contributed by atoms with van der Waals surface area (Å²) >= 11 is 0. The van der Waals surface area contributed by atoms with Crippen molar-refractivity contribution in [2.75, 3.05) is 36.4 Å². The van der Waals surface area contributed by atoms with Gasteiger partial charge in [0.15, 0.2) is 0 Å². The van der Waals surface area contributed by atoms with Crippen molar-refractivity contribution >= 4 is 23.2 Å². The lowest BCUT2D eigenvalue weighted by Gasteiger charge is -2.34. The van der Waals surface area contributed by atoms with Crippen molar-refractivity contribution in [3.8, 4) is 0 Å². The van der Waals surface area contributed by atoms with Crippen molar-refractivity contribution in [2.45, 2.75) is 57.5 Å². The standard InChI is InChI=1S/C23H30F3N3O2/c24-23(25,26)17-9-13-29(14-10-17)22(31)19-8-7-18(27-21(30)16-5-6-16)15-20(19)28-11-3-1-2-4-12-28/h7-8,15-17H,1-6,9-14H2,(H,27,30). The molecule has 1 saturated carbocycles. The molecule has 31 heavy (non-hydrogen) atoms. The van der Waals surface area contributed by atoms with E-state index in [0.29, 0.717) is 11.3 Å². The first kappa shape index (κ1) is 22.0. The van der Waals surface area contributed by atoms with Crippen LogP contribution >= 0.6 is 0 Å². The molecular formula is C23H30F3N3O2. The Balaban J connectivity index is 1.55. The molecule has 0 unspecified atom stereocenters. The molecule has 1 N–H and O–H groups in total. The van der Waals surface area contributed by atoms with Gasteiger partial charge in [0.2, 0.25) is 5.91 Å². The molecule has 2 amide bonds. The van der Waals surface area contributed by atoms with E-state index in [1.54, 1.807) is 17.0 Å². The van der Waals surface area contributed by atoms with E-state index < -0.39 is 12.1 Å². The maximum Gasteiger partial charge on any atom is 0.391 e. The number of anilines is 2. The molecule has 4 rings (SSSR count). The van der Waals surface area contributed by atoms with Gasteiger partial charge in [0.1, 0.15) is 0 Å². The fraction of sp³-hybridized carbons (Fsp3) is 0.652. The minimum atomic E-state index is -4.20. The summed E-state index contributed by atoms with van der Waals surface area (Å²) in [6, 6.07) is 5.32. The Morgan fingerprint density at radius 1 is 0.903 bits per heavy atom. The highest BCUT2D eigenvalue weighted by atomic mass is 19.4. The first-order valence-corrected chi connectivity index (χ1v) is 11.4. The summed E-state index contributed by atoms with van der Waals surface area (Å²) in [6.07, 6.45) is 1.87. The molecule has 0 spiro atoms. The third kappa shape index (κ3) is 5.33. The second-order valence-corrected chi connectivity index (χ2v) is 9.00. The van der Waals surface area contributed by atoms with Gasteiger partial charge in [-0.15, -0.1) is 0 Å². The van der Waals surface area contributed by atoms with Crippen LogP contribution in [0.25, 0.3) is 0 Å². The maximum atomic E-state index is 13.3. The summed E-state index contributed by atoms with van der Waals surface area (Å²) in [4.78, 5) is 29.2. The molecule has 8 heteroatoms. The van der Waals surface area contributed by atoms with Crippen molar-refractivity contribution in [3.63, 3.8) is 0 Å². The molecule has 2 aliphatic heterocycles. The summed E-state index contributed by atoms with van der Waals surface area (Å²) in [5, 5.41) is 2.95. The van der Waals surface area contributed by atoms with Crippen molar-refractivity contribution < 1.29 is 22.8 Å². The molecule has 1 aliphatic carbocycles. The van der Waals surface area contributed by atoms with Gasteiger partial charge in [-0.2, -0.15) is 13.2 Å². The minimum Gasteiger partial charge on any atom is -0.371 e. The Bertz CT molecular complexity index is 807. The first-order chi connectivity index (χ1) is 14.8. The molecule has 3 aliphatic rings. The number of hydrogen-bond donors (Lipinski definition) is 1. The van der Waals surface area contributed by atoms with Crippen molar-refractivity contribution in [1.82, 2.24) is 4.90 Å². The van der Waals surface area contributed by atoms with E-state index in [9.17, 15) is 22.8 Å². The number of likely N-dealkylation sites (tertiary alicyclic amines) is 1. The predicted octanol–water partition coefficient (Wildman–Crippen LogP) is 4.83. The van der Waals surface area contributed by atoms with Crippen molar-refractivity contribution in [1.29, 1.82) is 0 Å². The molecule has 0 bridgehead atoms. The highest BCUT2D eigenvalue weighted by molar-refractivity contribution is 6.02. The molecule has 0 radical (unpaired) electrons. The fourth-order valence-corrected chi connectivity index (χ4v) is 4.53. The van der Waals surface area contributed by atoms with Crippen LogP contribution < -0.4 is 10.2 Å². The maximum absolute atomic E-state index is 13.3. The molecular weight excluding hydrogens is 407 g/mol.